The van der Waals surface area contributed by atoms with E-state index in [1.165, 1.54) is 0 Å². The average Bonchev–Trinajstić information content (AvgIpc) is 2.97. The van der Waals surface area contributed by atoms with Crippen LogP contribution in [0.15, 0.2) is 46.9 Å². The molecule has 0 spiro atoms. The normalized spacial score (nSPS) is 12.0. The number of furan rings is 1. The van der Waals surface area contributed by atoms with E-state index in [4.69, 9.17) is 13.9 Å². The zero-order chi connectivity index (χ0) is 18.7. The maximum absolute atomic E-state index is 12.9. The van der Waals surface area contributed by atoms with Gasteiger partial charge in [0.2, 0.25) is 0 Å². The van der Waals surface area contributed by atoms with E-state index in [0.29, 0.717) is 29.3 Å². The Balaban J connectivity index is 1.83. The van der Waals surface area contributed by atoms with Gasteiger partial charge in [0.05, 0.1) is 25.3 Å². The molecule has 0 saturated heterocycles. The molecule has 0 bridgehead atoms. The number of hydrogen-bond acceptors (Lipinski definition) is 4. The van der Waals surface area contributed by atoms with Gasteiger partial charge in [-0.1, -0.05) is 12.1 Å². The maximum Gasteiger partial charge on any atom is 0.255 e. The molecule has 0 aliphatic rings. The fraction of sp³-hybridized carbons (Fsp3) is 0.286. The summed E-state index contributed by atoms with van der Waals surface area (Å²) in [5.41, 5.74) is 2.21. The Morgan fingerprint density at radius 3 is 2.50 bits per heavy atom. The van der Waals surface area contributed by atoms with Gasteiger partial charge < -0.3 is 19.2 Å². The van der Waals surface area contributed by atoms with E-state index in [0.717, 1.165) is 16.7 Å². The number of hydrogen-bond donors (Lipinski definition) is 1. The number of fused-ring (bicyclic) bond motifs is 1. The van der Waals surface area contributed by atoms with Gasteiger partial charge in [0.25, 0.3) is 5.91 Å². The molecule has 1 amide bonds. The second kappa shape index (κ2) is 7.52. The van der Waals surface area contributed by atoms with Gasteiger partial charge in [-0.25, -0.2) is 0 Å². The monoisotopic (exact) mass is 353 g/mol. The van der Waals surface area contributed by atoms with E-state index < -0.39 is 0 Å². The number of aryl methyl sites for hydroxylation is 1. The third-order valence-electron chi connectivity index (χ3n) is 4.34. The van der Waals surface area contributed by atoms with Crippen molar-refractivity contribution in [3.05, 3.63) is 59.4 Å². The third-order valence-corrected chi connectivity index (χ3v) is 4.34. The van der Waals surface area contributed by atoms with Gasteiger partial charge in [-0.15, -0.1) is 0 Å². The second-order valence-corrected chi connectivity index (χ2v) is 6.09. The molecule has 3 aromatic rings. The molecular formula is C21H23NO4. The molecule has 1 N–H and O–H groups in total. The van der Waals surface area contributed by atoms with E-state index in [2.05, 4.69) is 5.32 Å². The second-order valence-electron chi connectivity index (χ2n) is 6.09. The summed E-state index contributed by atoms with van der Waals surface area (Å²) in [7, 11) is 1.60. The number of carbonyl (C=O) groups is 1. The molecule has 1 atom stereocenters. The van der Waals surface area contributed by atoms with Crippen molar-refractivity contribution < 1.29 is 18.7 Å². The van der Waals surface area contributed by atoms with E-state index in [-0.39, 0.29) is 11.9 Å². The number of ether oxygens (including phenoxy) is 2. The summed E-state index contributed by atoms with van der Waals surface area (Å²) in [6.45, 7) is 6.32. The van der Waals surface area contributed by atoms with Crippen molar-refractivity contribution in [2.75, 3.05) is 13.7 Å². The molecule has 5 heteroatoms. The SMILES string of the molecule is CCOc1ccc(C(C)NC(=O)c2c(C)oc3ccc(OC)cc23)cc1. The molecule has 0 aliphatic heterocycles. The van der Waals surface area contributed by atoms with Crippen LogP contribution in [0.1, 0.15) is 41.6 Å². The highest BCUT2D eigenvalue weighted by Crippen LogP contribution is 2.29. The van der Waals surface area contributed by atoms with Gasteiger partial charge in [0.15, 0.2) is 0 Å². The smallest absolute Gasteiger partial charge is 0.255 e. The van der Waals surface area contributed by atoms with Crippen LogP contribution in [0.3, 0.4) is 0 Å². The van der Waals surface area contributed by atoms with Crippen LogP contribution < -0.4 is 14.8 Å². The van der Waals surface area contributed by atoms with Crippen LogP contribution in [0.4, 0.5) is 0 Å². The van der Waals surface area contributed by atoms with Gasteiger partial charge in [-0.2, -0.15) is 0 Å². The van der Waals surface area contributed by atoms with Crippen molar-refractivity contribution in [2.45, 2.75) is 26.8 Å². The van der Waals surface area contributed by atoms with Crippen molar-refractivity contribution >= 4 is 16.9 Å². The predicted octanol–water partition coefficient (Wildman–Crippen LogP) is 4.64. The third kappa shape index (κ3) is 3.52. The number of carbonyl (C=O) groups excluding carboxylic acids is 1. The standard InChI is InChI=1S/C21H23NO4/c1-5-25-16-8-6-15(7-9-16)13(2)22-21(23)20-14(3)26-19-11-10-17(24-4)12-18(19)20/h6-13H,5H2,1-4H3,(H,22,23). The van der Waals surface area contributed by atoms with E-state index >= 15 is 0 Å². The lowest BCUT2D eigenvalue weighted by Crippen LogP contribution is -2.27. The molecule has 2 aromatic carbocycles. The van der Waals surface area contributed by atoms with Crippen molar-refractivity contribution in [1.29, 1.82) is 0 Å². The molecule has 3 rings (SSSR count). The first-order valence-corrected chi connectivity index (χ1v) is 8.64. The van der Waals surface area contributed by atoms with E-state index in [1.54, 1.807) is 14.0 Å². The largest absolute Gasteiger partial charge is 0.497 e. The Hall–Kier alpha value is -2.95. The number of nitrogens with one attached hydrogen (secondary N) is 1. The Bertz CT molecular complexity index is 912. The first-order chi connectivity index (χ1) is 12.5. The quantitative estimate of drug-likeness (QED) is 0.701. The topological polar surface area (TPSA) is 60.7 Å². The summed E-state index contributed by atoms with van der Waals surface area (Å²) in [6.07, 6.45) is 0. The average molecular weight is 353 g/mol. The van der Waals surface area contributed by atoms with Crippen LogP contribution >= 0.6 is 0 Å². The first-order valence-electron chi connectivity index (χ1n) is 8.64. The number of benzene rings is 2. The molecule has 1 unspecified atom stereocenters. The maximum atomic E-state index is 12.9. The summed E-state index contributed by atoms with van der Waals surface area (Å²) < 4.78 is 16.4. The molecule has 0 saturated carbocycles. The van der Waals surface area contributed by atoms with Crippen molar-refractivity contribution in [3.8, 4) is 11.5 Å². The Morgan fingerprint density at radius 2 is 1.85 bits per heavy atom. The molecule has 0 aliphatic carbocycles. The minimum atomic E-state index is -0.170. The molecule has 0 fully saturated rings. The zero-order valence-corrected chi connectivity index (χ0v) is 15.5. The Kier molecular flexibility index (Phi) is 5.16. The van der Waals surface area contributed by atoms with Gasteiger partial charge in [0, 0.05) is 5.39 Å². The van der Waals surface area contributed by atoms with Gasteiger partial charge in [-0.05, 0) is 56.7 Å². The van der Waals surface area contributed by atoms with E-state index in [9.17, 15) is 4.79 Å². The summed E-state index contributed by atoms with van der Waals surface area (Å²) in [5.74, 6) is 1.92. The van der Waals surface area contributed by atoms with Crippen molar-refractivity contribution in [2.24, 2.45) is 0 Å². The van der Waals surface area contributed by atoms with Crippen LogP contribution in [0.25, 0.3) is 11.0 Å². The molecule has 1 heterocycles. The van der Waals surface area contributed by atoms with Crippen molar-refractivity contribution in [1.82, 2.24) is 5.32 Å². The van der Waals surface area contributed by atoms with Crippen LogP contribution in [0, 0.1) is 6.92 Å². The summed E-state index contributed by atoms with van der Waals surface area (Å²) >= 11 is 0. The van der Waals surface area contributed by atoms with Gasteiger partial charge >= 0.3 is 0 Å². The number of amides is 1. The lowest BCUT2D eigenvalue weighted by atomic mass is 10.1. The lowest BCUT2D eigenvalue weighted by Gasteiger charge is -2.15. The highest BCUT2D eigenvalue weighted by atomic mass is 16.5. The van der Waals surface area contributed by atoms with Crippen LogP contribution in [-0.2, 0) is 0 Å². The lowest BCUT2D eigenvalue weighted by molar-refractivity contribution is 0.0940. The fourth-order valence-electron chi connectivity index (χ4n) is 2.98. The van der Waals surface area contributed by atoms with Crippen LogP contribution in [0.5, 0.6) is 11.5 Å². The minimum absolute atomic E-state index is 0.145. The molecule has 136 valence electrons. The molecular weight excluding hydrogens is 330 g/mol. The number of rotatable bonds is 6. The predicted molar refractivity (Wildman–Crippen MR) is 101 cm³/mol. The Morgan fingerprint density at radius 1 is 1.15 bits per heavy atom. The molecule has 26 heavy (non-hydrogen) atoms. The summed E-state index contributed by atoms with van der Waals surface area (Å²) in [4.78, 5) is 12.9. The van der Waals surface area contributed by atoms with Crippen LogP contribution in [0.2, 0.25) is 0 Å². The van der Waals surface area contributed by atoms with Crippen molar-refractivity contribution in [3.63, 3.8) is 0 Å². The van der Waals surface area contributed by atoms with Gasteiger partial charge in [0.1, 0.15) is 22.8 Å². The zero-order valence-electron chi connectivity index (χ0n) is 15.5. The highest BCUT2D eigenvalue weighted by Gasteiger charge is 2.20. The van der Waals surface area contributed by atoms with Crippen LogP contribution in [-0.4, -0.2) is 19.6 Å². The minimum Gasteiger partial charge on any atom is -0.497 e. The fourth-order valence-corrected chi connectivity index (χ4v) is 2.98. The number of methoxy groups -OCH3 is 1. The molecule has 0 radical (unpaired) electrons. The highest BCUT2D eigenvalue weighted by molar-refractivity contribution is 6.07. The Labute approximate surface area is 152 Å². The summed E-state index contributed by atoms with van der Waals surface area (Å²) in [5, 5.41) is 3.79. The molecule has 1 aromatic heterocycles. The molecule has 5 nitrogen and oxygen atoms in total. The van der Waals surface area contributed by atoms with E-state index in [1.807, 2.05) is 56.3 Å². The van der Waals surface area contributed by atoms with Gasteiger partial charge in [-0.3, -0.25) is 4.79 Å². The summed E-state index contributed by atoms with van der Waals surface area (Å²) in [6, 6.07) is 13.0. The first kappa shape index (κ1) is 17.9.